The summed E-state index contributed by atoms with van der Waals surface area (Å²) < 4.78 is 30.8. The first-order chi connectivity index (χ1) is 12.2. The van der Waals surface area contributed by atoms with E-state index in [1.54, 1.807) is 22.8 Å². The topological polar surface area (TPSA) is 68.2 Å². The van der Waals surface area contributed by atoms with Crippen LogP contribution in [-0.4, -0.2) is 13.0 Å². The quantitative estimate of drug-likeness (QED) is 0.710. The Balaban J connectivity index is 2.04. The minimum atomic E-state index is -3.73. The zero-order valence-electron chi connectivity index (χ0n) is 15.3. The molecule has 138 valence electrons. The SMILES string of the molecule is CCCn1c(=O)sc2cc(S(=O)(=O)Nc3c(C)cc(C)cc3C)ccc21. The van der Waals surface area contributed by atoms with E-state index in [1.807, 2.05) is 39.8 Å². The number of nitrogens with one attached hydrogen (secondary N) is 1. The Hall–Kier alpha value is -2.12. The molecule has 0 aliphatic rings. The molecule has 0 saturated carbocycles. The normalized spacial score (nSPS) is 11.8. The number of rotatable bonds is 5. The monoisotopic (exact) mass is 390 g/mol. The van der Waals surface area contributed by atoms with Gasteiger partial charge in [-0.3, -0.25) is 14.1 Å². The summed E-state index contributed by atoms with van der Waals surface area (Å²) in [5, 5.41) is 0. The molecule has 26 heavy (non-hydrogen) atoms. The molecule has 0 spiro atoms. The third-order valence-electron chi connectivity index (χ3n) is 4.31. The Bertz CT molecular complexity index is 1120. The third kappa shape index (κ3) is 3.41. The minimum absolute atomic E-state index is 0.0606. The Morgan fingerprint density at radius 2 is 1.73 bits per heavy atom. The van der Waals surface area contributed by atoms with Crippen LogP contribution in [0.1, 0.15) is 30.0 Å². The van der Waals surface area contributed by atoms with Crippen LogP contribution >= 0.6 is 11.3 Å². The van der Waals surface area contributed by atoms with E-state index in [1.165, 1.54) is 0 Å². The Morgan fingerprint density at radius 3 is 2.35 bits per heavy atom. The second-order valence-electron chi connectivity index (χ2n) is 6.53. The molecule has 0 amide bonds. The molecule has 0 atom stereocenters. The molecule has 5 nitrogen and oxygen atoms in total. The van der Waals surface area contributed by atoms with Gasteiger partial charge in [-0.2, -0.15) is 0 Å². The maximum Gasteiger partial charge on any atom is 0.308 e. The average Bonchev–Trinajstić information content (AvgIpc) is 2.86. The van der Waals surface area contributed by atoms with Gasteiger partial charge in [0.15, 0.2) is 0 Å². The minimum Gasteiger partial charge on any atom is -0.299 e. The first-order valence-electron chi connectivity index (χ1n) is 8.47. The van der Waals surface area contributed by atoms with Crippen LogP contribution < -0.4 is 9.60 Å². The lowest BCUT2D eigenvalue weighted by atomic mass is 10.1. The van der Waals surface area contributed by atoms with Crippen molar-refractivity contribution in [2.45, 2.75) is 45.6 Å². The average molecular weight is 391 g/mol. The number of fused-ring (bicyclic) bond motifs is 1. The number of benzene rings is 2. The Labute approximate surface area is 157 Å². The zero-order valence-corrected chi connectivity index (χ0v) is 16.9. The van der Waals surface area contributed by atoms with Gasteiger partial charge in [-0.15, -0.1) is 0 Å². The zero-order chi connectivity index (χ0) is 19.1. The van der Waals surface area contributed by atoms with Crippen molar-refractivity contribution >= 4 is 37.3 Å². The van der Waals surface area contributed by atoms with E-state index in [2.05, 4.69) is 4.72 Å². The molecule has 1 heterocycles. The van der Waals surface area contributed by atoms with Crippen molar-refractivity contribution in [1.29, 1.82) is 0 Å². The van der Waals surface area contributed by atoms with Crippen LogP contribution in [0.15, 0.2) is 40.0 Å². The van der Waals surface area contributed by atoms with Crippen LogP contribution in [0, 0.1) is 20.8 Å². The lowest BCUT2D eigenvalue weighted by Gasteiger charge is -2.14. The van der Waals surface area contributed by atoms with Crippen LogP contribution in [0.4, 0.5) is 5.69 Å². The van der Waals surface area contributed by atoms with Gasteiger partial charge in [-0.25, -0.2) is 8.42 Å². The maximum absolute atomic E-state index is 12.9. The van der Waals surface area contributed by atoms with Crippen molar-refractivity contribution in [2.75, 3.05) is 4.72 Å². The number of hydrogen-bond donors (Lipinski definition) is 1. The van der Waals surface area contributed by atoms with Gasteiger partial charge in [-0.1, -0.05) is 36.0 Å². The molecule has 0 aliphatic heterocycles. The van der Waals surface area contributed by atoms with E-state index >= 15 is 0 Å². The van der Waals surface area contributed by atoms with Gasteiger partial charge in [0.25, 0.3) is 10.0 Å². The standard InChI is InChI=1S/C19H22N2O3S2/c1-5-8-21-16-7-6-15(11-17(16)25-19(21)22)26(23,24)20-18-13(3)9-12(2)10-14(18)4/h6-7,9-11,20H,5,8H2,1-4H3. The molecule has 7 heteroatoms. The summed E-state index contributed by atoms with van der Waals surface area (Å²) in [5.41, 5.74) is 4.24. The number of aromatic nitrogens is 1. The van der Waals surface area contributed by atoms with Crippen LogP contribution in [0.5, 0.6) is 0 Å². The highest BCUT2D eigenvalue weighted by atomic mass is 32.2. The van der Waals surface area contributed by atoms with Gasteiger partial charge < -0.3 is 0 Å². The van der Waals surface area contributed by atoms with Crippen molar-refractivity contribution in [1.82, 2.24) is 4.57 Å². The van der Waals surface area contributed by atoms with Gasteiger partial charge in [0, 0.05) is 6.54 Å². The highest BCUT2D eigenvalue weighted by Gasteiger charge is 2.19. The second kappa shape index (κ2) is 6.89. The smallest absolute Gasteiger partial charge is 0.299 e. The van der Waals surface area contributed by atoms with Crippen molar-refractivity contribution in [3.63, 3.8) is 0 Å². The molecule has 0 unspecified atom stereocenters. The number of thiazole rings is 1. The Kier molecular flexibility index (Phi) is 4.94. The fraction of sp³-hybridized carbons (Fsp3) is 0.316. The van der Waals surface area contributed by atoms with Crippen LogP contribution in [0.2, 0.25) is 0 Å². The first kappa shape index (κ1) is 18.7. The van der Waals surface area contributed by atoms with Gasteiger partial charge in [0.2, 0.25) is 0 Å². The summed E-state index contributed by atoms with van der Waals surface area (Å²) in [7, 11) is -3.73. The summed E-state index contributed by atoms with van der Waals surface area (Å²) >= 11 is 1.08. The summed E-state index contributed by atoms with van der Waals surface area (Å²) in [5.74, 6) is 0. The van der Waals surface area contributed by atoms with Crippen molar-refractivity contribution < 1.29 is 8.42 Å². The third-order valence-corrected chi connectivity index (χ3v) is 6.60. The summed E-state index contributed by atoms with van der Waals surface area (Å²) in [6.45, 7) is 8.39. The fourth-order valence-corrected chi connectivity index (χ4v) is 5.44. The van der Waals surface area contributed by atoms with Crippen LogP contribution in [0.25, 0.3) is 10.2 Å². The molecule has 2 aromatic carbocycles. The summed E-state index contributed by atoms with van der Waals surface area (Å²) in [6.07, 6.45) is 0.847. The van der Waals surface area contributed by atoms with Gasteiger partial charge in [0.1, 0.15) is 0 Å². The van der Waals surface area contributed by atoms with E-state index in [9.17, 15) is 13.2 Å². The maximum atomic E-state index is 12.9. The Morgan fingerprint density at radius 1 is 1.08 bits per heavy atom. The summed E-state index contributed by atoms with van der Waals surface area (Å²) in [4.78, 5) is 12.2. The largest absolute Gasteiger partial charge is 0.308 e. The highest BCUT2D eigenvalue weighted by Crippen LogP contribution is 2.27. The van der Waals surface area contributed by atoms with Crippen LogP contribution in [0.3, 0.4) is 0 Å². The fourth-order valence-electron chi connectivity index (χ4n) is 3.18. The molecule has 3 rings (SSSR count). The molecule has 0 radical (unpaired) electrons. The highest BCUT2D eigenvalue weighted by molar-refractivity contribution is 7.92. The van der Waals surface area contributed by atoms with Crippen molar-refractivity contribution in [3.8, 4) is 0 Å². The molecular weight excluding hydrogens is 368 g/mol. The summed E-state index contributed by atoms with van der Waals surface area (Å²) in [6, 6.07) is 8.75. The van der Waals surface area contributed by atoms with E-state index in [4.69, 9.17) is 0 Å². The first-order valence-corrected chi connectivity index (χ1v) is 10.8. The van der Waals surface area contributed by atoms with Gasteiger partial charge in [0.05, 0.1) is 20.8 Å². The predicted octanol–water partition coefficient (Wildman–Crippen LogP) is 4.20. The van der Waals surface area contributed by atoms with E-state index in [0.29, 0.717) is 16.9 Å². The number of aryl methyl sites for hydroxylation is 4. The van der Waals surface area contributed by atoms with E-state index < -0.39 is 10.0 Å². The molecule has 3 aromatic rings. The number of nitrogens with zero attached hydrogens (tertiary/aromatic N) is 1. The number of hydrogen-bond acceptors (Lipinski definition) is 4. The van der Waals surface area contributed by atoms with Crippen molar-refractivity contribution in [2.24, 2.45) is 0 Å². The number of sulfonamides is 1. The molecule has 0 fully saturated rings. The van der Waals surface area contributed by atoms with Gasteiger partial charge >= 0.3 is 4.87 Å². The van der Waals surface area contributed by atoms with E-state index in [-0.39, 0.29) is 9.77 Å². The molecular formula is C19H22N2O3S2. The lowest BCUT2D eigenvalue weighted by Crippen LogP contribution is -2.15. The van der Waals surface area contributed by atoms with Crippen molar-refractivity contribution in [3.05, 3.63) is 56.7 Å². The second-order valence-corrected chi connectivity index (χ2v) is 9.20. The van der Waals surface area contributed by atoms with Gasteiger partial charge in [-0.05, 0) is 56.5 Å². The van der Waals surface area contributed by atoms with Crippen LogP contribution in [-0.2, 0) is 16.6 Å². The molecule has 1 aromatic heterocycles. The lowest BCUT2D eigenvalue weighted by molar-refractivity contribution is 0.601. The predicted molar refractivity (Wildman–Crippen MR) is 108 cm³/mol. The molecule has 0 bridgehead atoms. The molecule has 1 N–H and O–H groups in total. The number of anilines is 1. The molecule has 0 saturated heterocycles. The molecule has 0 aliphatic carbocycles. The van der Waals surface area contributed by atoms with E-state index in [0.717, 1.165) is 40.0 Å².